The molecule has 204 valence electrons. The van der Waals surface area contributed by atoms with Gasteiger partial charge in [-0.2, -0.15) is 0 Å². The molecule has 11 heteroatoms. The number of rotatable bonds is 7. The van der Waals surface area contributed by atoms with E-state index in [2.05, 4.69) is 15.3 Å². The number of carbonyl (C=O) groups excluding carboxylic acids is 2. The number of aliphatic imine (C=N–C) groups is 1. The van der Waals surface area contributed by atoms with Crippen molar-refractivity contribution in [2.24, 2.45) is 22.1 Å². The number of aromatic nitrogens is 1. The summed E-state index contributed by atoms with van der Waals surface area (Å²) in [6, 6.07) is 9.54. The smallest absolute Gasteiger partial charge is 0.256 e. The number of piperidine rings is 1. The van der Waals surface area contributed by atoms with Crippen LogP contribution < -0.4 is 11.1 Å². The predicted octanol–water partition coefficient (Wildman–Crippen LogP) is 3.14. The summed E-state index contributed by atoms with van der Waals surface area (Å²) in [7, 11) is 0. The molecule has 10 nitrogen and oxygen atoms in total. The summed E-state index contributed by atoms with van der Waals surface area (Å²) >= 11 is 5.85. The number of ether oxygens (including phenoxy) is 1. The lowest BCUT2D eigenvalue weighted by Gasteiger charge is -2.44. The Labute approximate surface area is 232 Å². The number of nitrogens with zero attached hydrogens (tertiary/aromatic N) is 4. The first-order valence-corrected chi connectivity index (χ1v) is 13.4. The highest BCUT2D eigenvalue weighted by Crippen LogP contribution is 2.31. The van der Waals surface area contributed by atoms with Crippen molar-refractivity contribution in [1.29, 1.82) is 5.41 Å². The molecule has 0 spiro atoms. The first-order chi connectivity index (χ1) is 18.7. The van der Waals surface area contributed by atoms with Crippen LogP contribution in [0.1, 0.15) is 35.7 Å². The zero-order valence-corrected chi connectivity index (χ0v) is 22.5. The third-order valence-corrected chi connectivity index (χ3v) is 7.65. The normalized spacial score (nSPS) is 22.1. The molecule has 4 N–H and O–H groups in total. The fraction of sp³-hybridized carbons (Fsp3) is 0.393. The van der Waals surface area contributed by atoms with Gasteiger partial charge >= 0.3 is 0 Å². The van der Waals surface area contributed by atoms with Crippen molar-refractivity contribution in [1.82, 2.24) is 14.8 Å². The third-order valence-electron chi connectivity index (χ3n) is 7.43. The van der Waals surface area contributed by atoms with Gasteiger partial charge in [0.05, 0.1) is 29.4 Å². The van der Waals surface area contributed by atoms with Crippen LogP contribution in [0.25, 0.3) is 0 Å². The second-order valence-corrected chi connectivity index (χ2v) is 11.0. The number of nitrogens with one attached hydrogen (secondary N) is 2. The molecular formula is C28H32ClN7O3. The van der Waals surface area contributed by atoms with Crippen molar-refractivity contribution in [2.75, 3.05) is 38.2 Å². The molecule has 5 rings (SSSR count). The predicted molar refractivity (Wildman–Crippen MR) is 150 cm³/mol. The molecule has 39 heavy (non-hydrogen) atoms. The number of amides is 2. The summed E-state index contributed by atoms with van der Waals surface area (Å²) in [5.74, 6) is 0.818. The quantitative estimate of drug-likeness (QED) is 0.454. The number of pyridine rings is 1. The Morgan fingerprint density at radius 3 is 2.62 bits per heavy atom. The van der Waals surface area contributed by atoms with Crippen molar-refractivity contribution >= 4 is 40.8 Å². The summed E-state index contributed by atoms with van der Waals surface area (Å²) < 4.78 is 5.30. The molecule has 1 aromatic heterocycles. The number of likely N-dealkylation sites (tertiary alicyclic amines) is 1. The third kappa shape index (κ3) is 5.81. The van der Waals surface area contributed by atoms with Crippen LogP contribution in [0.15, 0.2) is 60.0 Å². The van der Waals surface area contributed by atoms with Crippen molar-refractivity contribution in [3.05, 3.63) is 71.1 Å². The van der Waals surface area contributed by atoms with Crippen LogP contribution in [-0.4, -0.2) is 77.0 Å². The van der Waals surface area contributed by atoms with Crippen molar-refractivity contribution in [3.63, 3.8) is 0 Å². The van der Waals surface area contributed by atoms with Gasteiger partial charge in [-0.05, 0) is 55.5 Å². The Bertz CT molecular complexity index is 1310. The zero-order valence-electron chi connectivity index (χ0n) is 21.8. The second-order valence-electron chi connectivity index (χ2n) is 10.6. The van der Waals surface area contributed by atoms with Crippen LogP contribution in [0, 0.1) is 16.7 Å². The number of hydrogen-bond acceptors (Lipinski definition) is 8. The number of amidine groups is 1. The SMILES string of the molecule is CC1(C(=O)N2CCCC(CN3C=CN=C(N)C3C(=N)c3ccc(C(=O)Nc4ccc(Cl)cn4)cc3)C2)COC1. The molecule has 2 unspecified atom stereocenters. The van der Waals surface area contributed by atoms with E-state index in [0.29, 0.717) is 54.1 Å². The van der Waals surface area contributed by atoms with Gasteiger partial charge in [0.2, 0.25) is 5.91 Å². The van der Waals surface area contributed by atoms with Gasteiger partial charge in [-0.25, -0.2) is 9.98 Å². The molecule has 2 amide bonds. The van der Waals surface area contributed by atoms with Gasteiger partial charge in [0.25, 0.3) is 5.91 Å². The maximum Gasteiger partial charge on any atom is 0.256 e. The fourth-order valence-corrected chi connectivity index (χ4v) is 5.33. The highest BCUT2D eigenvalue weighted by atomic mass is 35.5. The summed E-state index contributed by atoms with van der Waals surface area (Å²) in [4.78, 5) is 38.0. The second kappa shape index (κ2) is 11.2. The van der Waals surface area contributed by atoms with E-state index in [4.69, 9.17) is 27.5 Å². The van der Waals surface area contributed by atoms with E-state index in [1.807, 2.05) is 22.9 Å². The Morgan fingerprint density at radius 2 is 1.95 bits per heavy atom. The largest absolute Gasteiger partial charge is 0.385 e. The van der Waals surface area contributed by atoms with Gasteiger partial charge in [0.15, 0.2) is 0 Å². The summed E-state index contributed by atoms with van der Waals surface area (Å²) in [5.41, 5.74) is 7.25. The molecular weight excluding hydrogens is 518 g/mol. The Hall–Kier alpha value is -3.76. The van der Waals surface area contributed by atoms with Crippen LogP contribution in [0.3, 0.4) is 0 Å². The number of nitrogens with two attached hydrogens (primary N) is 1. The maximum absolute atomic E-state index is 13.0. The molecule has 3 aliphatic heterocycles. The van der Waals surface area contributed by atoms with E-state index in [-0.39, 0.29) is 23.4 Å². The minimum Gasteiger partial charge on any atom is -0.385 e. The molecule has 2 saturated heterocycles. The van der Waals surface area contributed by atoms with Crippen molar-refractivity contribution < 1.29 is 14.3 Å². The Morgan fingerprint density at radius 1 is 1.21 bits per heavy atom. The molecule has 2 fully saturated rings. The minimum atomic E-state index is -0.545. The van der Waals surface area contributed by atoms with Crippen LogP contribution in [0.2, 0.25) is 5.02 Å². The van der Waals surface area contributed by atoms with Crippen LogP contribution in [0.4, 0.5) is 5.82 Å². The summed E-state index contributed by atoms with van der Waals surface area (Å²) in [6.07, 6.45) is 6.90. The van der Waals surface area contributed by atoms with E-state index in [0.717, 1.165) is 19.4 Å². The van der Waals surface area contributed by atoms with E-state index >= 15 is 0 Å². The lowest BCUT2D eigenvalue weighted by Crippen LogP contribution is -2.56. The van der Waals surface area contributed by atoms with Gasteiger partial charge in [0, 0.05) is 43.8 Å². The van der Waals surface area contributed by atoms with Crippen LogP contribution >= 0.6 is 11.6 Å². The van der Waals surface area contributed by atoms with E-state index < -0.39 is 11.5 Å². The van der Waals surface area contributed by atoms with Gasteiger partial charge in [-0.1, -0.05) is 23.7 Å². The number of carbonyl (C=O) groups is 2. The molecule has 4 heterocycles. The standard InChI is InChI=1S/C28H32ClN7O3/c1-28(16-39-17-28)27(38)36-11-2-3-18(15-36)14-35-12-10-32-25(31)24(35)23(30)19-4-6-20(7-5-19)26(37)34-22-9-8-21(29)13-33-22/h4-10,12-13,18,24,30H,2-3,11,14-17H2,1H3,(H2,31,32)(H,33,34,37). The first-order valence-electron chi connectivity index (χ1n) is 13.0. The van der Waals surface area contributed by atoms with Crippen molar-refractivity contribution in [3.8, 4) is 0 Å². The summed E-state index contributed by atoms with van der Waals surface area (Å²) in [5, 5.41) is 12.2. The number of anilines is 1. The molecule has 3 aliphatic rings. The minimum absolute atomic E-state index is 0.161. The van der Waals surface area contributed by atoms with E-state index in [1.54, 1.807) is 42.6 Å². The average Bonchev–Trinajstić information content (AvgIpc) is 2.92. The molecule has 1 aromatic carbocycles. The Kier molecular flexibility index (Phi) is 7.67. The lowest BCUT2D eigenvalue weighted by atomic mass is 9.85. The molecule has 0 saturated carbocycles. The molecule has 0 bridgehead atoms. The van der Waals surface area contributed by atoms with Gasteiger partial charge in [-0.15, -0.1) is 0 Å². The van der Waals surface area contributed by atoms with E-state index in [1.165, 1.54) is 6.20 Å². The maximum atomic E-state index is 13.0. The molecule has 0 radical (unpaired) electrons. The topological polar surface area (TPSA) is 137 Å². The average molecular weight is 550 g/mol. The zero-order chi connectivity index (χ0) is 27.6. The highest BCUT2D eigenvalue weighted by molar-refractivity contribution is 6.30. The molecule has 2 aromatic rings. The monoisotopic (exact) mass is 549 g/mol. The lowest BCUT2D eigenvalue weighted by molar-refractivity contribution is -0.170. The number of hydrogen-bond donors (Lipinski definition) is 3. The van der Waals surface area contributed by atoms with E-state index in [9.17, 15) is 9.59 Å². The van der Waals surface area contributed by atoms with Crippen LogP contribution in [-0.2, 0) is 9.53 Å². The first kappa shape index (κ1) is 26.8. The van der Waals surface area contributed by atoms with Gasteiger partial charge in [0.1, 0.15) is 17.7 Å². The molecule has 2 atom stereocenters. The number of benzene rings is 1. The molecule has 0 aliphatic carbocycles. The van der Waals surface area contributed by atoms with Crippen molar-refractivity contribution in [2.45, 2.75) is 25.8 Å². The Balaban J connectivity index is 1.24. The summed E-state index contributed by atoms with van der Waals surface area (Å²) in [6.45, 7) is 5.00. The fourth-order valence-electron chi connectivity index (χ4n) is 5.22. The number of halogens is 1. The van der Waals surface area contributed by atoms with Crippen LogP contribution in [0.5, 0.6) is 0 Å². The van der Waals surface area contributed by atoms with Gasteiger partial charge in [-0.3, -0.25) is 9.59 Å². The highest BCUT2D eigenvalue weighted by Gasteiger charge is 2.44. The van der Waals surface area contributed by atoms with Gasteiger partial charge < -0.3 is 31.0 Å².